The molecule has 0 spiro atoms. The Bertz CT molecular complexity index is 590. The Labute approximate surface area is 131 Å². The van der Waals surface area contributed by atoms with Gasteiger partial charge in [0.15, 0.2) is 0 Å². The van der Waals surface area contributed by atoms with Crippen LogP contribution in [0.1, 0.15) is 36.6 Å². The summed E-state index contributed by atoms with van der Waals surface area (Å²) in [7, 11) is 0. The number of nitrogens with zero attached hydrogens (tertiary/aromatic N) is 2. The molecule has 1 atom stereocenters. The van der Waals surface area contributed by atoms with Gasteiger partial charge in [0.05, 0.1) is 11.2 Å². The Hall–Kier alpha value is -1.39. The molecule has 0 aliphatic carbocycles. The van der Waals surface area contributed by atoms with Crippen LogP contribution in [0.5, 0.6) is 0 Å². The van der Waals surface area contributed by atoms with Crippen molar-refractivity contribution in [2.75, 3.05) is 0 Å². The van der Waals surface area contributed by atoms with Gasteiger partial charge >= 0.3 is 0 Å². The van der Waals surface area contributed by atoms with Crippen LogP contribution in [0, 0.1) is 5.92 Å². The van der Waals surface area contributed by atoms with Gasteiger partial charge in [-0.3, -0.25) is 4.79 Å². The zero-order valence-electron chi connectivity index (χ0n) is 11.5. The van der Waals surface area contributed by atoms with Crippen LogP contribution in [0.3, 0.4) is 0 Å². The molecule has 20 heavy (non-hydrogen) atoms. The van der Waals surface area contributed by atoms with E-state index >= 15 is 0 Å². The van der Waals surface area contributed by atoms with E-state index < -0.39 is 5.91 Å². The molecule has 0 radical (unpaired) electrons. The van der Waals surface area contributed by atoms with Gasteiger partial charge in [-0.05, 0) is 18.4 Å². The maximum atomic E-state index is 11.2. The van der Waals surface area contributed by atoms with E-state index in [9.17, 15) is 4.79 Å². The van der Waals surface area contributed by atoms with Crippen LogP contribution in [-0.4, -0.2) is 15.9 Å². The van der Waals surface area contributed by atoms with Gasteiger partial charge in [0.2, 0.25) is 5.82 Å². The molecule has 1 aromatic carbocycles. The molecule has 0 aliphatic heterocycles. The summed E-state index contributed by atoms with van der Waals surface area (Å²) in [5, 5.41) is 1.00. The van der Waals surface area contributed by atoms with Crippen LogP contribution in [0.4, 0.5) is 0 Å². The lowest BCUT2D eigenvalue weighted by Crippen LogP contribution is -2.17. The number of amides is 1. The predicted molar refractivity (Wildman–Crippen MR) is 85.7 cm³/mol. The van der Waals surface area contributed by atoms with Crippen LogP contribution < -0.4 is 5.73 Å². The molecular weight excluding hydrogens is 297 g/mol. The standard InChI is InChI=1S/C14H17N3O.2ClH/c1-3-9(2)8-12-10-6-4-5-7-11(10)16-14(17-12)13(15)18;;/h4-7,9H,3,8H2,1-2H3,(H2,15,18);2*1H/t9-;;/m0../s1. The monoisotopic (exact) mass is 315 g/mol. The molecule has 1 heterocycles. The molecule has 1 amide bonds. The van der Waals surface area contributed by atoms with E-state index in [4.69, 9.17) is 5.73 Å². The second-order valence-corrected chi connectivity index (χ2v) is 4.59. The van der Waals surface area contributed by atoms with Crippen LogP contribution in [0.15, 0.2) is 24.3 Å². The van der Waals surface area contributed by atoms with Gasteiger partial charge in [0, 0.05) is 5.39 Å². The summed E-state index contributed by atoms with van der Waals surface area (Å²) < 4.78 is 0. The van der Waals surface area contributed by atoms with Crippen molar-refractivity contribution in [3.8, 4) is 0 Å². The van der Waals surface area contributed by atoms with Crippen molar-refractivity contribution in [2.24, 2.45) is 11.7 Å². The largest absolute Gasteiger partial charge is 0.363 e. The number of aromatic nitrogens is 2. The molecule has 110 valence electrons. The summed E-state index contributed by atoms with van der Waals surface area (Å²) >= 11 is 0. The fraction of sp³-hybridized carbons (Fsp3) is 0.357. The van der Waals surface area contributed by atoms with E-state index in [1.54, 1.807) is 0 Å². The lowest BCUT2D eigenvalue weighted by molar-refractivity contribution is 0.0990. The second-order valence-electron chi connectivity index (χ2n) is 4.59. The first-order chi connectivity index (χ1) is 8.61. The number of fused-ring (bicyclic) bond motifs is 1. The number of primary amides is 1. The maximum absolute atomic E-state index is 11.2. The Balaban J connectivity index is 0.00000180. The van der Waals surface area contributed by atoms with Gasteiger partial charge in [-0.15, -0.1) is 24.8 Å². The summed E-state index contributed by atoms with van der Waals surface area (Å²) in [6.07, 6.45) is 1.91. The van der Waals surface area contributed by atoms with Crippen LogP contribution in [0.2, 0.25) is 0 Å². The van der Waals surface area contributed by atoms with E-state index in [-0.39, 0.29) is 30.6 Å². The van der Waals surface area contributed by atoms with Crippen molar-refractivity contribution >= 4 is 41.6 Å². The van der Waals surface area contributed by atoms with E-state index in [2.05, 4.69) is 23.8 Å². The lowest BCUT2D eigenvalue weighted by Gasteiger charge is -2.11. The third-order valence-electron chi connectivity index (χ3n) is 3.14. The first kappa shape index (κ1) is 18.6. The third kappa shape index (κ3) is 4.05. The zero-order valence-corrected chi connectivity index (χ0v) is 13.1. The van der Waals surface area contributed by atoms with E-state index in [0.29, 0.717) is 5.92 Å². The highest BCUT2D eigenvalue weighted by Crippen LogP contribution is 2.19. The highest BCUT2D eigenvalue weighted by molar-refractivity contribution is 5.92. The van der Waals surface area contributed by atoms with Crippen LogP contribution >= 0.6 is 24.8 Å². The second kappa shape index (κ2) is 8.02. The van der Waals surface area contributed by atoms with E-state index in [0.717, 1.165) is 29.4 Å². The minimum Gasteiger partial charge on any atom is -0.363 e. The molecule has 1 aromatic heterocycles. The fourth-order valence-corrected chi connectivity index (χ4v) is 1.88. The zero-order chi connectivity index (χ0) is 13.1. The smallest absolute Gasteiger partial charge is 0.286 e. The molecule has 0 saturated carbocycles. The van der Waals surface area contributed by atoms with Crippen molar-refractivity contribution in [3.63, 3.8) is 0 Å². The minimum absolute atomic E-state index is 0. The molecule has 4 nitrogen and oxygen atoms in total. The Morgan fingerprint density at radius 3 is 2.50 bits per heavy atom. The molecular formula is C14H19Cl2N3O. The lowest BCUT2D eigenvalue weighted by atomic mass is 10.00. The summed E-state index contributed by atoms with van der Waals surface area (Å²) in [6.45, 7) is 4.31. The van der Waals surface area contributed by atoms with Crippen molar-refractivity contribution < 1.29 is 4.79 Å². The van der Waals surface area contributed by atoms with Crippen LogP contribution in [-0.2, 0) is 6.42 Å². The molecule has 2 rings (SSSR count). The number of hydrogen-bond acceptors (Lipinski definition) is 3. The van der Waals surface area contributed by atoms with Crippen LogP contribution in [0.25, 0.3) is 10.9 Å². The fourth-order valence-electron chi connectivity index (χ4n) is 1.88. The molecule has 2 aromatic rings. The molecule has 0 saturated heterocycles. The summed E-state index contributed by atoms with van der Waals surface area (Å²) in [5.41, 5.74) is 6.96. The molecule has 0 unspecified atom stereocenters. The SMILES string of the molecule is CC[C@H](C)Cc1nc(C(N)=O)nc2ccccc12.Cl.Cl. The minimum atomic E-state index is -0.578. The third-order valence-corrected chi connectivity index (χ3v) is 3.14. The highest BCUT2D eigenvalue weighted by atomic mass is 35.5. The summed E-state index contributed by atoms with van der Waals surface area (Å²) in [6, 6.07) is 7.71. The van der Waals surface area contributed by atoms with Gasteiger partial charge in [0.25, 0.3) is 5.91 Å². The number of rotatable bonds is 4. The van der Waals surface area contributed by atoms with Crippen molar-refractivity contribution in [1.29, 1.82) is 0 Å². The van der Waals surface area contributed by atoms with E-state index in [1.807, 2.05) is 24.3 Å². The first-order valence-electron chi connectivity index (χ1n) is 6.17. The molecule has 0 bridgehead atoms. The Morgan fingerprint density at radius 2 is 1.90 bits per heavy atom. The highest BCUT2D eigenvalue weighted by Gasteiger charge is 2.12. The predicted octanol–water partition coefficient (Wildman–Crippen LogP) is 3.16. The average molecular weight is 316 g/mol. The molecule has 0 aliphatic rings. The van der Waals surface area contributed by atoms with Gasteiger partial charge in [-0.1, -0.05) is 38.5 Å². The quantitative estimate of drug-likeness (QED) is 0.942. The number of hydrogen-bond donors (Lipinski definition) is 1. The van der Waals surface area contributed by atoms with Crippen molar-refractivity contribution in [1.82, 2.24) is 9.97 Å². The van der Waals surface area contributed by atoms with Gasteiger partial charge in [-0.2, -0.15) is 0 Å². The van der Waals surface area contributed by atoms with Gasteiger partial charge in [0.1, 0.15) is 0 Å². The van der Waals surface area contributed by atoms with Crippen molar-refractivity contribution in [3.05, 3.63) is 35.8 Å². The maximum Gasteiger partial charge on any atom is 0.286 e. The molecule has 6 heteroatoms. The number of para-hydroxylation sites is 1. The number of benzene rings is 1. The summed E-state index contributed by atoms with van der Waals surface area (Å²) in [4.78, 5) is 19.7. The normalized spacial score (nSPS) is 11.3. The molecule has 2 N–H and O–H groups in total. The van der Waals surface area contributed by atoms with E-state index in [1.165, 1.54) is 0 Å². The van der Waals surface area contributed by atoms with Gasteiger partial charge in [-0.25, -0.2) is 9.97 Å². The number of halogens is 2. The number of nitrogens with two attached hydrogens (primary N) is 1. The topological polar surface area (TPSA) is 68.9 Å². The number of carbonyl (C=O) groups is 1. The Morgan fingerprint density at radius 1 is 1.25 bits per heavy atom. The average Bonchev–Trinajstić information content (AvgIpc) is 2.38. The molecule has 0 fully saturated rings. The summed E-state index contributed by atoms with van der Waals surface area (Å²) in [5.74, 6) is 0.0437. The van der Waals surface area contributed by atoms with Crippen molar-refractivity contribution in [2.45, 2.75) is 26.7 Å². The Kier molecular flexibility index (Phi) is 7.46. The first-order valence-corrected chi connectivity index (χ1v) is 6.17. The number of carbonyl (C=O) groups excluding carboxylic acids is 1. The van der Waals surface area contributed by atoms with Gasteiger partial charge < -0.3 is 5.73 Å².